The van der Waals surface area contributed by atoms with Crippen LogP contribution in [-0.4, -0.2) is 5.78 Å². The molecule has 0 atom stereocenters. The monoisotopic (exact) mass is 278 g/mol. The molecule has 2 nitrogen and oxygen atoms in total. The summed E-state index contributed by atoms with van der Waals surface area (Å²) in [6.07, 6.45) is 0. The zero-order valence-corrected chi connectivity index (χ0v) is 11.1. The lowest BCUT2D eigenvalue weighted by Gasteiger charge is -2.10. The number of ether oxygens (including phenoxy) is 1. The Morgan fingerprint density at radius 2 is 2.00 bits per heavy atom. The van der Waals surface area contributed by atoms with Gasteiger partial charge in [0.15, 0.2) is 5.78 Å². The Hall–Kier alpha value is -1.87. The van der Waals surface area contributed by atoms with Crippen molar-refractivity contribution in [3.05, 3.63) is 64.4 Å². The van der Waals surface area contributed by atoms with Crippen LogP contribution in [0, 0.1) is 5.82 Å². The summed E-state index contributed by atoms with van der Waals surface area (Å²) >= 11 is 5.69. The summed E-state index contributed by atoms with van der Waals surface area (Å²) in [5, 5.41) is 0.0564. The van der Waals surface area contributed by atoms with Crippen LogP contribution in [0.5, 0.6) is 5.75 Å². The van der Waals surface area contributed by atoms with Gasteiger partial charge in [0.05, 0.1) is 10.6 Å². The average Bonchev–Trinajstić information content (AvgIpc) is 2.40. The highest BCUT2D eigenvalue weighted by Crippen LogP contribution is 2.21. The van der Waals surface area contributed by atoms with E-state index in [0.29, 0.717) is 11.3 Å². The van der Waals surface area contributed by atoms with Crippen molar-refractivity contribution in [3.8, 4) is 5.75 Å². The highest BCUT2D eigenvalue weighted by atomic mass is 35.5. The number of hydrogen-bond acceptors (Lipinski definition) is 2. The van der Waals surface area contributed by atoms with Gasteiger partial charge in [-0.1, -0.05) is 29.8 Å². The van der Waals surface area contributed by atoms with Crippen molar-refractivity contribution in [3.63, 3.8) is 0 Å². The van der Waals surface area contributed by atoms with Crippen LogP contribution in [0.1, 0.15) is 22.8 Å². The van der Waals surface area contributed by atoms with Crippen LogP contribution in [0.4, 0.5) is 4.39 Å². The third kappa shape index (κ3) is 3.32. The Kier molecular flexibility index (Phi) is 4.17. The second-order valence-electron chi connectivity index (χ2n) is 4.09. The quantitative estimate of drug-likeness (QED) is 0.781. The summed E-state index contributed by atoms with van der Waals surface area (Å²) in [5.41, 5.74) is 1.26. The maximum Gasteiger partial charge on any atom is 0.163 e. The third-order valence-corrected chi connectivity index (χ3v) is 2.93. The molecule has 0 aliphatic heterocycles. The van der Waals surface area contributed by atoms with Crippen LogP contribution in [0.25, 0.3) is 0 Å². The number of carbonyl (C=O) groups excluding carboxylic acids is 1. The molecule has 0 saturated carbocycles. The Bertz CT molecular complexity index is 611. The maximum absolute atomic E-state index is 13.0. The molecule has 0 aliphatic rings. The first-order valence-corrected chi connectivity index (χ1v) is 6.12. The van der Waals surface area contributed by atoms with Gasteiger partial charge in [0.2, 0.25) is 0 Å². The minimum Gasteiger partial charge on any atom is -0.488 e. The molecular weight excluding hydrogens is 267 g/mol. The lowest BCUT2D eigenvalue weighted by molar-refractivity contribution is 0.101. The fourth-order valence-corrected chi connectivity index (χ4v) is 1.88. The first kappa shape index (κ1) is 13.6. The predicted octanol–water partition coefficient (Wildman–Crippen LogP) is 4.26. The van der Waals surface area contributed by atoms with Crippen LogP contribution in [0.15, 0.2) is 42.5 Å². The van der Waals surface area contributed by atoms with Gasteiger partial charge >= 0.3 is 0 Å². The summed E-state index contributed by atoms with van der Waals surface area (Å²) < 4.78 is 18.6. The predicted molar refractivity (Wildman–Crippen MR) is 72.2 cm³/mol. The van der Waals surface area contributed by atoms with E-state index in [0.717, 1.165) is 5.56 Å². The van der Waals surface area contributed by atoms with Gasteiger partial charge in [-0.05, 0) is 36.8 Å². The van der Waals surface area contributed by atoms with Gasteiger partial charge in [-0.15, -0.1) is 0 Å². The molecule has 0 aliphatic carbocycles. The zero-order chi connectivity index (χ0) is 13.8. The molecule has 2 aromatic carbocycles. The molecule has 0 heterocycles. The molecule has 0 saturated heterocycles. The normalized spacial score (nSPS) is 10.3. The van der Waals surface area contributed by atoms with Gasteiger partial charge in [0.25, 0.3) is 0 Å². The number of benzene rings is 2. The smallest absolute Gasteiger partial charge is 0.163 e. The summed E-state index contributed by atoms with van der Waals surface area (Å²) in [5.74, 6) is -0.0160. The van der Waals surface area contributed by atoms with Crippen molar-refractivity contribution in [2.24, 2.45) is 0 Å². The van der Waals surface area contributed by atoms with Gasteiger partial charge in [0.1, 0.15) is 18.2 Å². The van der Waals surface area contributed by atoms with Crippen LogP contribution >= 0.6 is 11.6 Å². The molecular formula is C15H12ClFO2. The summed E-state index contributed by atoms with van der Waals surface area (Å²) in [6, 6.07) is 11.4. The number of rotatable bonds is 4. The largest absolute Gasteiger partial charge is 0.488 e. The molecule has 0 aromatic heterocycles. The van der Waals surface area contributed by atoms with Crippen molar-refractivity contribution in [1.29, 1.82) is 0 Å². The number of Topliss-reactive ketones (excluding diaryl/α,β-unsaturated/α-hetero) is 1. The second kappa shape index (κ2) is 5.85. The first-order valence-electron chi connectivity index (χ1n) is 5.74. The van der Waals surface area contributed by atoms with Crippen LogP contribution in [0.2, 0.25) is 5.02 Å². The molecule has 19 heavy (non-hydrogen) atoms. The Balaban J connectivity index is 2.14. The first-order chi connectivity index (χ1) is 9.08. The maximum atomic E-state index is 13.0. The fourth-order valence-electron chi connectivity index (χ4n) is 1.67. The van der Waals surface area contributed by atoms with Crippen molar-refractivity contribution in [2.75, 3.05) is 0 Å². The van der Waals surface area contributed by atoms with E-state index >= 15 is 0 Å². The number of para-hydroxylation sites is 1. The molecule has 4 heteroatoms. The number of hydrogen-bond donors (Lipinski definition) is 0. The number of carbonyl (C=O) groups is 1. The lowest BCUT2D eigenvalue weighted by Crippen LogP contribution is -2.01. The van der Waals surface area contributed by atoms with E-state index in [2.05, 4.69) is 0 Å². The van der Waals surface area contributed by atoms with E-state index in [-0.39, 0.29) is 17.4 Å². The van der Waals surface area contributed by atoms with Crippen molar-refractivity contribution in [1.82, 2.24) is 0 Å². The molecule has 2 rings (SSSR count). The van der Waals surface area contributed by atoms with E-state index in [1.54, 1.807) is 30.3 Å². The van der Waals surface area contributed by atoms with Crippen LogP contribution < -0.4 is 4.74 Å². The van der Waals surface area contributed by atoms with Crippen LogP contribution in [-0.2, 0) is 6.61 Å². The Labute approximate surface area is 115 Å². The molecule has 0 bridgehead atoms. The van der Waals surface area contributed by atoms with E-state index in [1.807, 2.05) is 0 Å². The highest BCUT2D eigenvalue weighted by molar-refractivity contribution is 6.30. The third-order valence-electron chi connectivity index (χ3n) is 2.64. The summed E-state index contributed by atoms with van der Waals surface area (Å²) in [4.78, 5) is 11.4. The van der Waals surface area contributed by atoms with E-state index in [1.165, 1.54) is 19.1 Å². The molecule has 0 N–H and O–H groups in total. The average molecular weight is 279 g/mol. The van der Waals surface area contributed by atoms with Crippen LogP contribution in [0.3, 0.4) is 0 Å². The molecule has 0 fully saturated rings. The SMILES string of the molecule is CC(=O)c1ccccc1OCc1ccc(F)c(Cl)c1. The minimum atomic E-state index is -0.463. The van der Waals surface area contributed by atoms with E-state index in [4.69, 9.17) is 16.3 Å². The van der Waals surface area contributed by atoms with E-state index in [9.17, 15) is 9.18 Å². The van der Waals surface area contributed by atoms with Crippen molar-refractivity contribution >= 4 is 17.4 Å². The van der Waals surface area contributed by atoms with Gasteiger partial charge in [-0.3, -0.25) is 4.79 Å². The van der Waals surface area contributed by atoms with E-state index < -0.39 is 5.82 Å². The molecule has 0 spiro atoms. The summed E-state index contributed by atoms with van der Waals surface area (Å²) in [6.45, 7) is 1.71. The molecule has 0 amide bonds. The van der Waals surface area contributed by atoms with Gasteiger partial charge in [-0.2, -0.15) is 0 Å². The highest BCUT2D eigenvalue weighted by Gasteiger charge is 2.08. The topological polar surface area (TPSA) is 26.3 Å². The van der Waals surface area contributed by atoms with Gasteiger partial charge < -0.3 is 4.74 Å². The number of ketones is 1. The molecule has 0 unspecified atom stereocenters. The molecule has 98 valence electrons. The summed E-state index contributed by atoms with van der Waals surface area (Å²) in [7, 11) is 0. The lowest BCUT2D eigenvalue weighted by atomic mass is 10.1. The zero-order valence-electron chi connectivity index (χ0n) is 10.3. The Morgan fingerprint density at radius 1 is 1.26 bits per heavy atom. The van der Waals surface area contributed by atoms with Gasteiger partial charge in [0, 0.05) is 0 Å². The standard InChI is InChI=1S/C15H12ClFO2/c1-10(18)12-4-2-3-5-15(12)19-9-11-6-7-14(17)13(16)8-11/h2-8H,9H2,1H3. The van der Waals surface area contributed by atoms with Crippen molar-refractivity contribution < 1.29 is 13.9 Å². The number of halogens is 2. The van der Waals surface area contributed by atoms with Crippen molar-refractivity contribution in [2.45, 2.75) is 13.5 Å². The molecule has 0 radical (unpaired) electrons. The minimum absolute atomic E-state index is 0.0564. The van der Waals surface area contributed by atoms with Gasteiger partial charge in [-0.25, -0.2) is 4.39 Å². The second-order valence-corrected chi connectivity index (χ2v) is 4.50. The Morgan fingerprint density at radius 3 is 2.68 bits per heavy atom. The molecule has 2 aromatic rings. The fraction of sp³-hybridized carbons (Fsp3) is 0.133.